The lowest BCUT2D eigenvalue weighted by molar-refractivity contribution is 0.472. The Bertz CT molecular complexity index is 569. The summed E-state index contributed by atoms with van der Waals surface area (Å²) >= 11 is 0. The number of halogens is 1. The van der Waals surface area contributed by atoms with Crippen LogP contribution in [0, 0.1) is 5.82 Å². The molecule has 0 aromatic heterocycles. The molecule has 18 heavy (non-hydrogen) atoms. The highest BCUT2D eigenvalue weighted by Gasteiger charge is 2.25. The summed E-state index contributed by atoms with van der Waals surface area (Å²) in [4.78, 5) is -0.272. The smallest absolute Gasteiger partial charge is 0.266 e. The minimum atomic E-state index is -3.79. The van der Waals surface area contributed by atoms with E-state index in [0.29, 0.717) is 19.5 Å². The van der Waals surface area contributed by atoms with Crippen LogP contribution in [0.2, 0.25) is 0 Å². The zero-order valence-electron chi connectivity index (χ0n) is 10.1. The second-order valence-electron chi connectivity index (χ2n) is 4.00. The Balaban J connectivity index is 2.41. The third-order valence-corrected chi connectivity index (χ3v) is 4.64. The number of hydrogen-bond donors (Lipinski definition) is 1. The maximum absolute atomic E-state index is 13.8. The van der Waals surface area contributed by atoms with E-state index in [0.717, 1.165) is 9.87 Å². The second kappa shape index (κ2) is 4.97. The Kier molecular flexibility index (Phi) is 3.56. The van der Waals surface area contributed by atoms with E-state index in [9.17, 15) is 12.8 Å². The minimum Gasteiger partial charge on any atom is -0.388 e. The third-order valence-electron chi connectivity index (χ3n) is 2.83. The van der Waals surface area contributed by atoms with Crippen molar-refractivity contribution in [2.45, 2.75) is 18.2 Å². The van der Waals surface area contributed by atoms with E-state index in [4.69, 9.17) is 0 Å². The Labute approximate surface area is 106 Å². The van der Waals surface area contributed by atoms with Crippen LogP contribution in [0.4, 0.5) is 4.39 Å². The van der Waals surface area contributed by atoms with Gasteiger partial charge in [-0.2, -0.15) is 0 Å². The maximum atomic E-state index is 13.8. The van der Waals surface area contributed by atoms with E-state index in [2.05, 4.69) is 5.32 Å². The van der Waals surface area contributed by atoms with Gasteiger partial charge in [-0.25, -0.2) is 12.8 Å². The molecule has 0 bridgehead atoms. The second-order valence-corrected chi connectivity index (χ2v) is 5.86. The zero-order valence-corrected chi connectivity index (χ0v) is 10.9. The van der Waals surface area contributed by atoms with E-state index in [1.54, 1.807) is 12.3 Å². The number of nitrogens with one attached hydrogen (secondary N) is 1. The van der Waals surface area contributed by atoms with Gasteiger partial charge in [-0.3, -0.25) is 4.31 Å². The zero-order chi connectivity index (χ0) is 13.2. The summed E-state index contributed by atoms with van der Waals surface area (Å²) in [5, 5.41) is 2.89. The first-order chi connectivity index (χ1) is 8.55. The molecule has 0 atom stereocenters. The fourth-order valence-corrected chi connectivity index (χ4v) is 3.12. The lowest BCUT2D eigenvalue weighted by Crippen LogP contribution is -2.36. The molecule has 6 heteroatoms. The minimum absolute atomic E-state index is 0.272. The normalized spacial score (nSPS) is 15.6. The van der Waals surface area contributed by atoms with Crippen LogP contribution in [0.5, 0.6) is 0 Å². The number of benzene rings is 1. The summed E-state index contributed by atoms with van der Waals surface area (Å²) in [5.74, 6) is -0.693. The Morgan fingerprint density at radius 3 is 2.78 bits per heavy atom. The topological polar surface area (TPSA) is 49.4 Å². The lowest BCUT2D eigenvalue weighted by atomic mass is 10.2. The molecule has 4 nitrogen and oxygen atoms in total. The summed E-state index contributed by atoms with van der Waals surface area (Å²) in [5.41, 5.74) is 0.780. The van der Waals surface area contributed by atoms with Crippen LogP contribution in [0.3, 0.4) is 0 Å². The monoisotopic (exact) mass is 270 g/mol. The number of hydrogen-bond acceptors (Lipinski definition) is 3. The molecule has 1 aliphatic heterocycles. The van der Waals surface area contributed by atoms with Gasteiger partial charge in [0.1, 0.15) is 10.7 Å². The molecule has 0 spiro atoms. The molecule has 1 aromatic rings. The van der Waals surface area contributed by atoms with Crippen LogP contribution < -0.4 is 5.32 Å². The predicted octanol–water partition coefficient (Wildman–Crippen LogP) is 1.45. The predicted molar refractivity (Wildman–Crippen MR) is 66.8 cm³/mol. The summed E-state index contributed by atoms with van der Waals surface area (Å²) in [6.45, 7) is 2.71. The van der Waals surface area contributed by atoms with Crippen LogP contribution in [0.15, 0.2) is 35.5 Å². The molecule has 98 valence electrons. The molecule has 0 saturated carbocycles. The summed E-state index contributed by atoms with van der Waals surface area (Å²) in [7, 11) is -3.79. The highest BCUT2D eigenvalue weighted by molar-refractivity contribution is 7.89. The molecule has 0 unspecified atom stereocenters. The summed E-state index contributed by atoms with van der Waals surface area (Å²) in [6.07, 6.45) is 3.62. The van der Waals surface area contributed by atoms with Gasteiger partial charge in [0.2, 0.25) is 0 Å². The van der Waals surface area contributed by atoms with Gasteiger partial charge in [0.25, 0.3) is 10.0 Å². The van der Waals surface area contributed by atoms with Crippen LogP contribution in [0.1, 0.15) is 12.5 Å². The number of aryl methyl sites for hydroxylation is 1. The van der Waals surface area contributed by atoms with Gasteiger partial charge in [0.05, 0.1) is 6.54 Å². The molecular weight excluding hydrogens is 255 g/mol. The Morgan fingerprint density at radius 1 is 1.44 bits per heavy atom. The highest BCUT2D eigenvalue weighted by atomic mass is 32.2. The van der Waals surface area contributed by atoms with Crippen molar-refractivity contribution in [2.75, 3.05) is 13.1 Å². The van der Waals surface area contributed by atoms with Gasteiger partial charge in [0, 0.05) is 18.9 Å². The quantitative estimate of drug-likeness (QED) is 0.904. The van der Waals surface area contributed by atoms with Gasteiger partial charge in [0.15, 0.2) is 0 Å². The third kappa shape index (κ3) is 2.33. The molecule has 0 fully saturated rings. The molecule has 0 radical (unpaired) electrons. The van der Waals surface area contributed by atoms with Crippen LogP contribution >= 0.6 is 0 Å². The molecule has 0 aliphatic carbocycles. The van der Waals surface area contributed by atoms with Crippen molar-refractivity contribution in [1.29, 1.82) is 0 Å². The van der Waals surface area contributed by atoms with Crippen molar-refractivity contribution in [2.24, 2.45) is 0 Å². The SMILES string of the molecule is CCc1ccc(S(=O)(=O)N2C=CNCC2)c(F)c1. The Hall–Kier alpha value is -1.56. The van der Waals surface area contributed by atoms with Crippen molar-refractivity contribution >= 4 is 10.0 Å². The van der Waals surface area contributed by atoms with Gasteiger partial charge in [-0.1, -0.05) is 13.0 Å². The fourth-order valence-electron chi connectivity index (χ4n) is 1.77. The average molecular weight is 270 g/mol. The maximum Gasteiger partial charge on any atom is 0.266 e. The van der Waals surface area contributed by atoms with E-state index >= 15 is 0 Å². The highest BCUT2D eigenvalue weighted by Crippen LogP contribution is 2.21. The lowest BCUT2D eigenvalue weighted by Gasteiger charge is -2.23. The first kappa shape index (κ1) is 12.9. The largest absolute Gasteiger partial charge is 0.388 e. The van der Waals surface area contributed by atoms with E-state index in [-0.39, 0.29) is 4.90 Å². The van der Waals surface area contributed by atoms with Crippen molar-refractivity contribution in [3.05, 3.63) is 42.0 Å². The average Bonchev–Trinajstić information content (AvgIpc) is 2.39. The first-order valence-electron chi connectivity index (χ1n) is 5.76. The van der Waals surface area contributed by atoms with Gasteiger partial charge >= 0.3 is 0 Å². The molecule has 1 N–H and O–H groups in total. The van der Waals surface area contributed by atoms with Gasteiger partial charge in [-0.05, 0) is 24.1 Å². The molecule has 1 aliphatic rings. The summed E-state index contributed by atoms with van der Waals surface area (Å²) in [6, 6.07) is 4.25. The van der Waals surface area contributed by atoms with Gasteiger partial charge < -0.3 is 5.32 Å². The van der Waals surface area contributed by atoms with Crippen molar-refractivity contribution in [3.63, 3.8) is 0 Å². The molecule has 0 amide bonds. The molecule has 1 aromatic carbocycles. The summed E-state index contributed by atoms with van der Waals surface area (Å²) < 4.78 is 39.4. The van der Waals surface area contributed by atoms with E-state index in [1.807, 2.05) is 6.92 Å². The van der Waals surface area contributed by atoms with E-state index < -0.39 is 15.8 Å². The molecule has 0 saturated heterocycles. The molecular formula is C12H15FN2O2S. The fraction of sp³-hybridized carbons (Fsp3) is 0.333. The van der Waals surface area contributed by atoms with Gasteiger partial charge in [-0.15, -0.1) is 0 Å². The molecule has 2 rings (SSSR count). The van der Waals surface area contributed by atoms with Crippen molar-refractivity contribution in [1.82, 2.24) is 9.62 Å². The van der Waals surface area contributed by atoms with Crippen LogP contribution in [0.25, 0.3) is 0 Å². The van der Waals surface area contributed by atoms with Crippen molar-refractivity contribution < 1.29 is 12.8 Å². The number of rotatable bonds is 3. The van der Waals surface area contributed by atoms with E-state index in [1.165, 1.54) is 18.3 Å². The first-order valence-corrected chi connectivity index (χ1v) is 7.20. The standard InChI is InChI=1S/C12H15FN2O2S/c1-2-10-3-4-12(11(13)9-10)18(16,17)15-7-5-14-6-8-15/h3-5,7,9,14H,2,6,8H2,1H3. The number of nitrogens with zero attached hydrogens (tertiary/aromatic N) is 1. The van der Waals surface area contributed by atoms with Crippen molar-refractivity contribution in [3.8, 4) is 0 Å². The Morgan fingerprint density at radius 2 is 2.22 bits per heavy atom. The van der Waals surface area contributed by atoms with Crippen LogP contribution in [-0.2, 0) is 16.4 Å². The number of sulfonamides is 1. The molecule has 1 heterocycles. The van der Waals surface area contributed by atoms with Crippen LogP contribution in [-0.4, -0.2) is 25.8 Å².